The fraction of sp³-hybridized carbons (Fsp3) is 0.0714. The highest BCUT2D eigenvalue weighted by molar-refractivity contribution is 6.34. The van der Waals surface area contributed by atoms with E-state index in [9.17, 15) is 4.39 Å². The van der Waals surface area contributed by atoms with Crippen LogP contribution in [0, 0.1) is 5.82 Å². The third-order valence-corrected chi connectivity index (χ3v) is 3.19. The summed E-state index contributed by atoms with van der Waals surface area (Å²) in [6, 6.07) is 10.2. The molecule has 0 bridgehead atoms. The van der Waals surface area contributed by atoms with Crippen LogP contribution in [0.5, 0.6) is 5.75 Å². The van der Waals surface area contributed by atoms with E-state index in [4.69, 9.17) is 16.3 Å². The Morgan fingerprint density at radius 2 is 2.11 bits per heavy atom. The van der Waals surface area contributed by atoms with E-state index in [2.05, 4.69) is 9.97 Å². The Balaban J connectivity index is 2.14. The molecule has 2 aromatic carbocycles. The summed E-state index contributed by atoms with van der Waals surface area (Å²) >= 11 is 6.06. The maximum Gasteiger partial charge on any atom is 0.165 e. The summed E-state index contributed by atoms with van der Waals surface area (Å²) in [6.07, 6.45) is 0. The zero-order valence-electron chi connectivity index (χ0n) is 10.1. The van der Waals surface area contributed by atoms with Crippen molar-refractivity contribution in [1.29, 1.82) is 0 Å². The van der Waals surface area contributed by atoms with Gasteiger partial charge in [-0.05, 0) is 30.3 Å². The minimum atomic E-state index is -0.424. The Morgan fingerprint density at radius 3 is 2.79 bits per heavy atom. The van der Waals surface area contributed by atoms with Crippen molar-refractivity contribution in [2.45, 2.75) is 0 Å². The van der Waals surface area contributed by atoms with Crippen molar-refractivity contribution in [1.82, 2.24) is 9.97 Å². The van der Waals surface area contributed by atoms with Crippen molar-refractivity contribution in [3.8, 4) is 17.1 Å². The van der Waals surface area contributed by atoms with Gasteiger partial charge in [-0.15, -0.1) is 0 Å². The Morgan fingerprint density at radius 1 is 1.26 bits per heavy atom. The van der Waals surface area contributed by atoms with E-state index in [0.29, 0.717) is 21.9 Å². The molecule has 0 saturated carbocycles. The molecule has 1 N–H and O–H groups in total. The van der Waals surface area contributed by atoms with Gasteiger partial charge in [0.15, 0.2) is 11.6 Å². The van der Waals surface area contributed by atoms with Gasteiger partial charge in [0, 0.05) is 5.56 Å². The van der Waals surface area contributed by atoms with Crippen molar-refractivity contribution in [2.24, 2.45) is 0 Å². The largest absolute Gasteiger partial charge is 0.494 e. The zero-order chi connectivity index (χ0) is 13.4. The van der Waals surface area contributed by atoms with Gasteiger partial charge in [-0.3, -0.25) is 0 Å². The van der Waals surface area contributed by atoms with E-state index in [0.717, 1.165) is 5.52 Å². The van der Waals surface area contributed by atoms with Crippen molar-refractivity contribution in [3.63, 3.8) is 0 Å². The number of imidazole rings is 1. The van der Waals surface area contributed by atoms with Gasteiger partial charge in [0.2, 0.25) is 0 Å². The van der Waals surface area contributed by atoms with Gasteiger partial charge in [0.1, 0.15) is 11.3 Å². The van der Waals surface area contributed by atoms with Gasteiger partial charge in [-0.25, -0.2) is 9.37 Å². The summed E-state index contributed by atoms with van der Waals surface area (Å²) in [6.45, 7) is 0. The normalized spacial score (nSPS) is 10.9. The molecule has 0 amide bonds. The fourth-order valence-electron chi connectivity index (χ4n) is 1.95. The van der Waals surface area contributed by atoms with Crippen LogP contribution >= 0.6 is 11.6 Å². The Labute approximate surface area is 114 Å². The third kappa shape index (κ3) is 2.04. The molecule has 19 heavy (non-hydrogen) atoms. The quantitative estimate of drug-likeness (QED) is 0.767. The number of methoxy groups -OCH3 is 1. The highest BCUT2D eigenvalue weighted by atomic mass is 35.5. The number of hydrogen-bond acceptors (Lipinski definition) is 2. The molecule has 0 saturated heterocycles. The molecule has 0 fully saturated rings. The second kappa shape index (κ2) is 4.55. The molecule has 1 heterocycles. The van der Waals surface area contributed by atoms with Crippen LogP contribution in [0.15, 0.2) is 36.4 Å². The maximum atomic E-state index is 13.7. The second-order valence-electron chi connectivity index (χ2n) is 4.07. The molecule has 0 aliphatic heterocycles. The van der Waals surface area contributed by atoms with Gasteiger partial charge in [-0.1, -0.05) is 17.7 Å². The minimum absolute atomic E-state index is 0.206. The van der Waals surface area contributed by atoms with E-state index in [1.807, 2.05) is 12.1 Å². The van der Waals surface area contributed by atoms with Crippen LogP contribution in [0.2, 0.25) is 5.02 Å². The van der Waals surface area contributed by atoms with Crippen LogP contribution < -0.4 is 4.74 Å². The average Bonchev–Trinajstić information content (AvgIpc) is 2.84. The van der Waals surface area contributed by atoms with E-state index in [1.165, 1.54) is 13.2 Å². The number of hydrogen-bond donors (Lipinski definition) is 1. The number of aromatic amines is 1. The lowest BCUT2D eigenvalue weighted by Crippen LogP contribution is -1.89. The standard InChI is InChI=1S/C14H10ClFN2O/c1-19-12-6-5-8(7-10(12)16)14-17-11-4-2-3-9(15)13(11)18-14/h2-7H,1H3,(H,17,18). The molecule has 0 aliphatic rings. The number of ether oxygens (including phenoxy) is 1. The smallest absolute Gasteiger partial charge is 0.165 e. The number of nitrogens with zero attached hydrogens (tertiary/aromatic N) is 1. The monoisotopic (exact) mass is 276 g/mol. The molecule has 0 aliphatic carbocycles. The molecule has 0 radical (unpaired) electrons. The van der Waals surface area contributed by atoms with Gasteiger partial charge < -0.3 is 9.72 Å². The molecular weight excluding hydrogens is 267 g/mol. The number of para-hydroxylation sites is 1. The molecule has 3 rings (SSSR count). The van der Waals surface area contributed by atoms with Crippen molar-refractivity contribution in [3.05, 3.63) is 47.2 Å². The van der Waals surface area contributed by atoms with Crippen molar-refractivity contribution < 1.29 is 9.13 Å². The van der Waals surface area contributed by atoms with Gasteiger partial charge >= 0.3 is 0 Å². The molecule has 5 heteroatoms. The number of aromatic nitrogens is 2. The summed E-state index contributed by atoms with van der Waals surface area (Å²) < 4.78 is 18.6. The highest BCUT2D eigenvalue weighted by Gasteiger charge is 2.10. The van der Waals surface area contributed by atoms with Crippen LogP contribution in [-0.4, -0.2) is 17.1 Å². The molecule has 3 nitrogen and oxygen atoms in total. The summed E-state index contributed by atoms with van der Waals surface area (Å²) in [7, 11) is 1.43. The zero-order valence-corrected chi connectivity index (χ0v) is 10.8. The second-order valence-corrected chi connectivity index (χ2v) is 4.48. The Hall–Kier alpha value is -2.07. The number of benzene rings is 2. The first kappa shape index (κ1) is 12.0. The number of H-pyrrole nitrogens is 1. The lowest BCUT2D eigenvalue weighted by molar-refractivity contribution is 0.386. The predicted molar refractivity (Wildman–Crippen MR) is 73.0 cm³/mol. The van der Waals surface area contributed by atoms with Crippen LogP contribution in [-0.2, 0) is 0 Å². The molecule has 0 atom stereocenters. The van der Waals surface area contributed by atoms with Gasteiger partial charge in [0.25, 0.3) is 0 Å². The van der Waals surface area contributed by atoms with Crippen LogP contribution in [0.3, 0.4) is 0 Å². The number of nitrogens with one attached hydrogen (secondary N) is 1. The molecular formula is C14H10ClFN2O. The number of rotatable bonds is 2. The molecule has 0 unspecified atom stereocenters. The first-order valence-electron chi connectivity index (χ1n) is 5.67. The van der Waals surface area contributed by atoms with E-state index in [-0.39, 0.29) is 5.75 Å². The Bertz CT molecular complexity index is 754. The van der Waals surface area contributed by atoms with Crippen LogP contribution in [0.4, 0.5) is 4.39 Å². The maximum absolute atomic E-state index is 13.7. The van der Waals surface area contributed by atoms with Gasteiger partial charge in [-0.2, -0.15) is 0 Å². The highest BCUT2D eigenvalue weighted by Crippen LogP contribution is 2.27. The predicted octanol–water partition coefficient (Wildman–Crippen LogP) is 4.03. The first-order chi connectivity index (χ1) is 9.19. The summed E-state index contributed by atoms with van der Waals surface area (Å²) in [5.74, 6) is 0.356. The molecule has 0 spiro atoms. The van der Waals surface area contributed by atoms with Crippen molar-refractivity contribution in [2.75, 3.05) is 7.11 Å². The fourth-order valence-corrected chi connectivity index (χ4v) is 2.16. The summed E-state index contributed by atoms with van der Waals surface area (Å²) in [4.78, 5) is 7.50. The third-order valence-electron chi connectivity index (χ3n) is 2.89. The number of fused-ring (bicyclic) bond motifs is 1. The molecule has 3 aromatic rings. The molecule has 1 aromatic heterocycles. The van der Waals surface area contributed by atoms with Crippen LogP contribution in [0.25, 0.3) is 22.4 Å². The van der Waals surface area contributed by atoms with E-state index < -0.39 is 5.82 Å². The number of halogens is 2. The molecule has 96 valence electrons. The summed E-state index contributed by atoms with van der Waals surface area (Å²) in [5.41, 5.74) is 2.14. The van der Waals surface area contributed by atoms with E-state index in [1.54, 1.807) is 18.2 Å². The minimum Gasteiger partial charge on any atom is -0.494 e. The first-order valence-corrected chi connectivity index (χ1v) is 6.05. The Kier molecular flexibility index (Phi) is 2.87. The summed E-state index contributed by atoms with van der Waals surface area (Å²) in [5, 5.41) is 0.564. The van der Waals surface area contributed by atoms with Crippen molar-refractivity contribution >= 4 is 22.6 Å². The van der Waals surface area contributed by atoms with Gasteiger partial charge in [0.05, 0.1) is 17.6 Å². The lowest BCUT2D eigenvalue weighted by Gasteiger charge is -2.02. The lowest BCUT2D eigenvalue weighted by atomic mass is 10.2. The van der Waals surface area contributed by atoms with Crippen LogP contribution in [0.1, 0.15) is 0 Å². The SMILES string of the molecule is COc1ccc(-c2nc3c(Cl)cccc3[nH]2)cc1F. The van der Waals surface area contributed by atoms with E-state index >= 15 is 0 Å². The topological polar surface area (TPSA) is 37.9 Å². The average molecular weight is 277 g/mol.